The Morgan fingerprint density at radius 3 is 2.38 bits per heavy atom. The summed E-state index contributed by atoms with van der Waals surface area (Å²) in [5.41, 5.74) is -0.604. The number of likely N-dealkylation sites (N-methyl/N-ethyl adjacent to an activating group) is 1. The van der Waals surface area contributed by atoms with E-state index < -0.39 is 17.7 Å². The third kappa shape index (κ3) is 5.91. The van der Waals surface area contributed by atoms with Gasteiger partial charge >= 0.3 is 6.09 Å². The Kier molecular flexibility index (Phi) is 5.37. The number of hydrogen-bond donors (Lipinski definition) is 2. The largest absolute Gasteiger partial charge is 0.444 e. The van der Waals surface area contributed by atoms with E-state index in [0.29, 0.717) is 0 Å². The second-order valence-corrected chi connectivity index (χ2v) is 4.22. The molecule has 2 amide bonds. The molecule has 0 rings (SSSR count). The van der Waals surface area contributed by atoms with Gasteiger partial charge in [0.15, 0.2) is 0 Å². The molecule has 0 aromatic rings. The molecule has 16 heavy (non-hydrogen) atoms. The van der Waals surface area contributed by atoms with Gasteiger partial charge in [0.25, 0.3) is 0 Å². The van der Waals surface area contributed by atoms with E-state index >= 15 is 0 Å². The predicted molar refractivity (Wildman–Crippen MR) is 60.7 cm³/mol. The molecule has 0 aliphatic heterocycles. The smallest absolute Gasteiger partial charge is 0.408 e. The molecule has 0 aliphatic carbocycles. The summed E-state index contributed by atoms with van der Waals surface area (Å²) in [7, 11) is 1.47. The van der Waals surface area contributed by atoms with Crippen molar-refractivity contribution in [1.82, 2.24) is 10.6 Å². The number of rotatable bonds is 3. The van der Waals surface area contributed by atoms with Gasteiger partial charge in [0, 0.05) is 13.5 Å². The van der Waals surface area contributed by atoms with E-state index in [9.17, 15) is 9.59 Å². The van der Waals surface area contributed by atoms with Crippen LogP contribution in [-0.2, 0) is 9.53 Å². The maximum absolute atomic E-state index is 11.4. The summed E-state index contributed by atoms with van der Waals surface area (Å²) in [4.78, 5) is 22.7. The van der Waals surface area contributed by atoms with E-state index in [1.165, 1.54) is 7.05 Å². The van der Waals surface area contributed by atoms with Crippen LogP contribution in [0.3, 0.4) is 0 Å². The Bertz CT molecular complexity index is 299. The minimum absolute atomic E-state index is 0.124. The first-order valence-corrected chi connectivity index (χ1v) is 4.94. The van der Waals surface area contributed by atoms with Crippen molar-refractivity contribution in [2.24, 2.45) is 0 Å². The Labute approximate surface area is 95.9 Å². The zero-order valence-corrected chi connectivity index (χ0v) is 10.1. The zero-order valence-electron chi connectivity index (χ0n) is 10.1. The minimum atomic E-state index is -0.759. The number of carbonyl (C=O) groups excluding carboxylic acids is 2. The lowest BCUT2D eigenvalue weighted by Gasteiger charge is -2.22. The first-order chi connectivity index (χ1) is 7.30. The summed E-state index contributed by atoms with van der Waals surface area (Å²) in [6.45, 7) is 5.22. The van der Waals surface area contributed by atoms with Crippen molar-refractivity contribution >= 4 is 12.0 Å². The highest BCUT2D eigenvalue weighted by atomic mass is 16.6. The SMILES string of the molecule is C#CC[C@H](NC(=O)OC(C)(C)C)C(=O)NC. The monoisotopic (exact) mass is 226 g/mol. The molecule has 0 spiro atoms. The molecule has 0 bridgehead atoms. The quantitative estimate of drug-likeness (QED) is 0.694. The van der Waals surface area contributed by atoms with E-state index in [1.54, 1.807) is 20.8 Å². The highest BCUT2D eigenvalue weighted by Gasteiger charge is 2.22. The molecule has 0 aromatic heterocycles. The Morgan fingerprint density at radius 1 is 1.44 bits per heavy atom. The molecule has 2 N–H and O–H groups in total. The van der Waals surface area contributed by atoms with Gasteiger partial charge in [0.1, 0.15) is 11.6 Å². The lowest BCUT2D eigenvalue weighted by molar-refractivity contribution is -0.122. The first kappa shape index (κ1) is 14.3. The number of terminal acetylenes is 1. The average molecular weight is 226 g/mol. The molecule has 90 valence electrons. The highest BCUT2D eigenvalue weighted by molar-refractivity contribution is 5.85. The van der Waals surface area contributed by atoms with Crippen molar-refractivity contribution in [2.45, 2.75) is 38.8 Å². The number of nitrogens with one attached hydrogen (secondary N) is 2. The van der Waals surface area contributed by atoms with E-state index in [0.717, 1.165) is 0 Å². The highest BCUT2D eigenvalue weighted by Crippen LogP contribution is 2.07. The second-order valence-electron chi connectivity index (χ2n) is 4.22. The third-order valence-corrected chi connectivity index (χ3v) is 1.58. The maximum atomic E-state index is 11.4. The summed E-state index contributed by atoms with van der Waals surface area (Å²) < 4.78 is 5.01. The lowest BCUT2D eigenvalue weighted by atomic mass is 10.2. The van der Waals surface area contributed by atoms with Crippen LogP contribution >= 0.6 is 0 Å². The van der Waals surface area contributed by atoms with Gasteiger partial charge in [-0.05, 0) is 20.8 Å². The fourth-order valence-electron chi connectivity index (χ4n) is 0.951. The van der Waals surface area contributed by atoms with Crippen LogP contribution in [0.5, 0.6) is 0 Å². The van der Waals surface area contributed by atoms with Gasteiger partial charge in [-0.3, -0.25) is 4.79 Å². The fourth-order valence-corrected chi connectivity index (χ4v) is 0.951. The minimum Gasteiger partial charge on any atom is -0.444 e. The fraction of sp³-hybridized carbons (Fsp3) is 0.636. The summed E-state index contributed by atoms with van der Waals surface area (Å²) in [6, 6.07) is -0.759. The standard InChI is InChI=1S/C11H18N2O3/c1-6-7-8(9(14)12-5)13-10(15)16-11(2,3)4/h1,8H,7H2,2-5H3,(H,12,14)(H,13,15)/t8-/m0/s1. The van der Waals surface area contributed by atoms with Crippen molar-refractivity contribution in [3.05, 3.63) is 0 Å². The van der Waals surface area contributed by atoms with Gasteiger partial charge in [-0.15, -0.1) is 12.3 Å². The van der Waals surface area contributed by atoms with Crippen LogP contribution in [0.15, 0.2) is 0 Å². The van der Waals surface area contributed by atoms with Gasteiger partial charge < -0.3 is 15.4 Å². The van der Waals surface area contributed by atoms with E-state index in [4.69, 9.17) is 11.2 Å². The summed E-state index contributed by atoms with van der Waals surface area (Å²) in [6.07, 6.45) is 4.57. The molecular weight excluding hydrogens is 208 g/mol. The first-order valence-electron chi connectivity index (χ1n) is 4.94. The predicted octanol–water partition coefficient (Wildman–Crippen LogP) is 0.649. The molecule has 5 nitrogen and oxygen atoms in total. The molecule has 0 heterocycles. The van der Waals surface area contributed by atoms with Crippen molar-refractivity contribution in [1.29, 1.82) is 0 Å². The van der Waals surface area contributed by atoms with E-state index in [-0.39, 0.29) is 12.3 Å². The van der Waals surface area contributed by atoms with Crippen LogP contribution in [0.4, 0.5) is 4.79 Å². The maximum Gasteiger partial charge on any atom is 0.408 e. The summed E-state index contributed by atoms with van der Waals surface area (Å²) in [5, 5.41) is 4.82. The number of carbonyl (C=O) groups is 2. The molecule has 1 atom stereocenters. The van der Waals surface area contributed by atoms with Crippen LogP contribution in [0, 0.1) is 12.3 Å². The zero-order chi connectivity index (χ0) is 12.8. The van der Waals surface area contributed by atoms with Gasteiger partial charge in [0.2, 0.25) is 5.91 Å². The molecule has 5 heteroatoms. The van der Waals surface area contributed by atoms with E-state index in [2.05, 4.69) is 16.6 Å². The van der Waals surface area contributed by atoms with Gasteiger partial charge in [0.05, 0.1) is 0 Å². The molecule has 0 saturated carbocycles. The molecule has 0 aromatic carbocycles. The van der Waals surface area contributed by atoms with Crippen LogP contribution in [0.25, 0.3) is 0 Å². The number of amides is 2. The molecule has 0 fully saturated rings. The lowest BCUT2D eigenvalue weighted by Crippen LogP contribution is -2.47. The molecule has 0 unspecified atom stereocenters. The van der Waals surface area contributed by atoms with Crippen LogP contribution in [-0.4, -0.2) is 30.7 Å². The molecule has 0 radical (unpaired) electrons. The van der Waals surface area contributed by atoms with E-state index in [1.807, 2.05) is 0 Å². The van der Waals surface area contributed by atoms with Crippen LogP contribution < -0.4 is 10.6 Å². The Balaban J connectivity index is 4.36. The van der Waals surface area contributed by atoms with Gasteiger partial charge in [-0.2, -0.15) is 0 Å². The number of ether oxygens (including phenoxy) is 1. The summed E-state index contributed by atoms with van der Waals surface area (Å²) >= 11 is 0. The van der Waals surface area contributed by atoms with Crippen molar-refractivity contribution in [3.8, 4) is 12.3 Å². The number of hydrogen-bond acceptors (Lipinski definition) is 3. The van der Waals surface area contributed by atoms with Crippen molar-refractivity contribution < 1.29 is 14.3 Å². The molecule has 0 aliphatic rings. The molecule has 0 saturated heterocycles. The Morgan fingerprint density at radius 2 is 2.00 bits per heavy atom. The van der Waals surface area contributed by atoms with Crippen molar-refractivity contribution in [3.63, 3.8) is 0 Å². The Hall–Kier alpha value is -1.70. The third-order valence-electron chi connectivity index (χ3n) is 1.58. The van der Waals surface area contributed by atoms with Gasteiger partial charge in [-0.1, -0.05) is 0 Å². The second kappa shape index (κ2) is 6.01. The van der Waals surface area contributed by atoms with Crippen LogP contribution in [0.1, 0.15) is 27.2 Å². The summed E-state index contributed by atoms with van der Waals surface area (Å²) in [5.74, 6) is 1.98. The topological polar surface area (TPSA) is 67.4 Å². The van der Waals surface area contributed by atoms with Crippen LogP contribution in [0.2, 0.25) is 0 Å². The number of alkyl carbamates (subject to hydrolysis) is 1. The molecular formula is C11H18N2O3. The average Bonchev–Trinajstić information content (AvgIpc) is 2.13. The normalized spacial score (nSPS) is 12.2. The van der Waals surface area contributed by atoms with Gasteiger partial charge in [-0.25, -0.2) is 4.79 Å². The van der Waals surface area contributed by atoms with Crippen molar-refractivity contribution in [2.75, 3.05) is 7.05 Å².